The summed E-state index contributed by atoms with van der Waals surface area (Å²) in [6.07, 6.45) is 3.84. The number of aliphatic hydroxyl groups is 1. The van der Waals surface area contributed by atoms with Crippen molar-refractivity contribution in [3.63, 3.8) is 0 Å². The molecule has 2 aliphatic rings. The third kappa shape index (κ3) is 2.52. The molecule has 5 nitrogen and oxygen atoms in total. The second-order valence-electron chi connectivity index (χ2n) is 6.41. The number of amides is 1. The predicted molar refractivity (Wildman–Crippen MR) is 82.6 cm³/mol. The first-order valence-corrected chi connectivity index (χ1v) is 8.08. The summed E-state index contributed by atoms with van der Waals surface area (Å²) in [5.41, 5.74) is 1.40. The van der Waals surface area contributed by atoms with E-state index >= 15 is 0 Å². The molecule has 1 aromatic heterocycles. The predicted octanol–water partition coefficient (Wildman–Crippen LogP) is 1.78. The number of ether oxygens (including phenoxy) is 1. The van der Waals surface area contributed by atoms with E-state index in [2.05, 4.69) is 4.98 Å². The molecule has 1 saturated heterocycles. The molecule has 120 valence electrons. The average molecular weight is 304 g/mol. The first-order chi connectivity index (χ1) is 10.6. The topological polar surface area (TPSA) is 62.7 Å². The molecule has 3 rings (SSSR count). The Hall–Kier alpha value is -1.46. The summed E-state index contributed by atoms with van der Waals surface area (Å²) in [4.78, 5) is 18.6. The molecule has 1 spiro atoms. The van der Waals surface area contributed by atoms with Crippen molar-refractivity contribution in [1.29, 1.82) is 0 Å². The van der Waals surface area contributed by atoms with Gasteiger partial charge < -0.3 is 14.7 Å². The molecule has 0 aromatic carbocycles. The number of piperidine rings is 1. The molecule has 22 heavy (non-hydrogen) atoms. The quantitative estimate of drug-likeness (QED) is 0.924. The summed E-state index contributed by atoms with van der Waals surface area (Å²) in [7, 11) is 0. The van der Waals surface area contributed by atoms with E-state index in [9.17, 15) is 9.90 Å². The lowest BCUT2D eigenvalue weighted by Gasteiger charge is -2.56. The van der Waals surface area contributed by atoms with E-state index in [1.54, 1.807) is 6.20 Å². The summed E-state index contributed by atoms with van der Waals surface area (Å²) in [5.74, 6) is 0.0316. The Morgan fingerprint density at radius 1 is 1.45 bits per heavy atom. The summed E-state index contributed by atoms with van der Waals surface area (Å²) < 4.78 is 5.76. The maximum Gasteiger partial charge on any atom is 0.255 e. The molecule has 1 aromatic rings. The van der Waals surface area contributed by atoms with E-state index in [1.165, 1.54) is 0 Å². The average Bonchev–Trinajstić information content (AvgIpc) is 2.55. The number of aryl methyl sites for hydroxylation is 1. The number of pyridine rings is 1. The van der Waals surface area contributed by atoms with Gasteiger partial charge in [-0.1, -0.05) is 0 Å². The van der Waals surface area contributed by atoms with Gasteiger partial charge in [-0.2, -0.15) is 0 Å². The maximum atomic E-state index is 12.5. The fourth-order valence-corrected chi connectivity index (χ4v) is 3.72. The standard InChI is InChI=1S/C17H24N2O3/c1-3-22-15-10-14(20)17(15)6-8-19(9-7-17)16(21)13-5-4-12(2)18-11-13/h4-5,11,14-15,20H,3,6-10H2,1-2H3/t14-,15-/m0/s1. The van der Waals surface area contributed by atoms with Gasteiger partial charge in [-0.25, -0.2) is 0 Å². The largest absolute Gasteiger partial charge is 0.392 e. The molecular formula is C17H24N2O3. The van der Waals surface area contributed by atoms with Crippen molar-refractivity contribution in [1.82, 2.24) is 9.88 Å². The van der Waals surface area contributed by atoms with Gasteiger partial charge in [0.2, 0.25) is 0 Å². The van der Waals surface area contributed by atoms with Crippen LogP contribution in [0.1, 0.15) is 42.2 Å². The van der Waals surface area contributed by atoms with Gasteiger partial charge in [0.15, 0.2) is 0 Å². The third-order valence-corrected chi connectivity index (χ3v) is 5.25. The number of likely N-dealkylation sites (tertiary alicyclic amines) is 1. The molecule has 1 saturated carbocycles. The van der Waals surface area contributed by atoms with Crippen LogP contribution >= 0.6 is 0 Å². The van der Waals surface area contributed by atoms with Gasteiger partial charge in [0, 0.05) is 43.4 Å². The fraction of sp³-hybridized carbons (Fsp3) is 0.647. The van der Waals surface area contributed by atoms with Crippen LogP contribution in [0, 0.1) is 12.3 Å². The SMILES string of the molecule is CCO[C@H]1C[C@H](O)C12CCN(C(=O)c1ccc(C)nc1)CC2. The molecule has 0 radical (unpaired) electrons. The van der Waals surface area contributed by atoms with Crippen molar-refractivity contribution in [2.75, 3.05) is 19.7 Å². The zero-order valence-electron chi connectivity index (χ0n) is 13.3. The van der Waals surface area contributed by atoms with Crippen molar-refractivity contribution in [2.45, 2.75) is 45.3 Å². The first-order valence-electron chi connectivity index (χ1n) is 8.08. The van der Waals surface area contributed by atoms with Gasteiger partial charge in [-0.15, -0.1) is 0 Å². The second kappa shape index (κ2) is 5.97. The normalized spacial score (nSPS) is 26.8. The number of carbonyl (C=O) groups excluding carboxylic acids is 1. The number of hydrogen-bond acceptors (Lipinski definition) is 4. The van der Waals surface area contributed by atoms with Crippen molar-refractivity contribution in [2.24, 2.45) is 5.41 Å². The molecule has 1 aliphatic heterocycles. The summed E-state index contributed by atoms with van der Waals surface area (Å²) in [6, 6.07) is 3.69. The lowest BCUT2D eigenvalue weighted by atomic mass is 9.58. The summed E-state index contributed by atoms with van der Waals surface area (Å²) in [5, 5.41) is 10.2. The zero-order valence-corrected chi connectivity index (χ0v) is 13.3. The van der Waals surface area contributed by atoms with Gasteiger partial charge in [0.25, 0.3) is 5.91 Å². The van der Waals surface area contributed by atoms with Gasteiger partial charge in [-0.3, -0.25) is 9.78 Å². The smallest absolute Gasteiger partial charge is 0.255 e. The van der Waals surface area contributed by atoms with Crippen LogP contribution in [-0.2, 0) is 4.74 Å². The third-order valence-electron chi connectivity index (χ3n) is 5.25. The molecule has 2 fully saturated rings. The first kappa shape index (κ1) is 15.4. The van der Waals surface area contributed by atoms with Crippen LogP contribution < -0.4 is 0 Å². The van der Waals surface area contributed by atoms with E-state index < -0.39 is 0 Å². The van der Waals surface area contributed by atoms with Crippen LogP contribution in [0.3, 0.4) is 0 Å². The lowest BCUT2D eigenvalue weighted by molar-refractivity contribution is -0.207. The molecular weight excluding hydrogens is 280 g/mol. The van der Waals surface area contributed by atoms with Crippen molar-refractivity contribution in [3.05, 3.63) is 29.6 Å². The maximum absolute atomic E-state index is 12.5. The number of nitrogens with zero attached hydrogens (tertiary/aromatic N) is 2. The van der Waals surface area contributed by atoms with E-state index in [0.717, 1.165) is 25.0 Å². The van der Waals surface area contributed by atoms with Crippen molar-refractivity contribution >= 4 is 5.91 Å². The van der Waals surface area contributed by atoms with Gasteiger partial charge >= 0.3 is 0 Å². The van der Waals surface area contributed by atoms with Gasteiger partial charge in [-0.05, 0) is 38.8 Å². The summed E-state index contributed by atoms with van der Waals surface area (Å²) >= 11 is 0. The van der Waals surface area contributed by atoms with Crippen LogP contribution in [0.2, 0.25) is 0 Å². The minimum atomic E-state index is -0.289. The molecule has 1 aliphatic carbocycles. The van der Waals surface area contributed by atoms with E-state index in [-0.39, 0.29) is 23.5 Å². The highest BCUT2D eigenvalue weighted by Crippen LogP contribution is 2.51. The lowest BCUT2D eigenvalue weighted by Crippen LogP contribution is -2.62. The number of carbonyl (C=O) groups is 1. The fourth-order valence-electron chi connectivity index (χ4n) is 3.72. The second-order valence-corrected chi connectivity index (χ2v) is 6.41. The monoisotopic (exact) mass is 304 g/mol. The van der Waals surface area contributed by atoms with Crippen LogP contribution in [0.5, 0.6) is 0 Å². The molecule has 2 heterocycles. The van der Waals surface area contributed by atoms with Crippen LogP contribution in [0.15, 0.2) is 18.3 Å². The van der Waals surface area contributed by atoms with Crippen LogP contribution in [0.4, 0.5) is 0 Å². The van der Waals surface area contributed by atoms with Gasteiger partial charge in [0.05, 0.1) is 17.8 Å². The molecule has 1 N–H and O–H groups in total. The molecule has 5 heteroatoms. The van der Waals surface area contributed by atoms with Crippen molar-refractivity contribution < 1.29 is 14.6 Å². The van der Waals surface area contributed by atoms with Crippen molar-refractivity contribution in [3.8, 4) is 0 Å². The van der Waals surface area contributed by atoms with E-state index in [1.807, 2.05) is 30.9 Å². The Balaban J connectivity index is 1.64. The Morgan fingerprint density at radius 2 is 2.18 bits per heavy atom. The van der Waals surface area contributed by atoms with Crippen LogP contribution in [0.25, 0.3) is 0 Å². The summed E-state index contributed by atoms with van der Waals surface area (Å²) in [6.45, 7) is 5.92. The zero-order chi connectivity index (χ0) is 15.7. The minimum Gasteiger partial charge on any atom is -0.392 e. The Labute approximate surface area is 131 Å². The number of aromatic nitrogens is 1. The number of aliphatic hydroxyl groups excluding tert-OH is 1. The van der Waals surface area contributed by atoms with E-state index in [0.29, 0.717) is 25.3 Å². The number of hydrogen-bond donors (Lipinski definition) is 1. The molecule has 0 bridgehead atoms. The Morgan fingerprint density at radius 3 is 2.73 bits per heavy atom. The molecule has 2 atom stereocenters. The Kier molecular flexibility index (Phi) is 4.19. The highest BCUT2D eigenvalue weighted by atomic mass is 16.5. The molecule has 1 amide bonds. The van der Waals surface area contributed by atoms with Gasteiger partial charge in [0.1, 0.15) is 0 Å². The highest BCUT2D eigenvalue weighted by Gasteiger charge is 2.56. The van der Waals surface area contributed by atoms with E-state index in [4.69, 9.17) is 4.74 Å². The van der Waals surface area contributed by atoms with Crippen LogP contribution in [-0.4, -0.2) is 52.8 Å². The minimum absolute atomic E-state index is 0.0316. The Bertz CT molecular complexity index is 533. The number of rotatable bonds is 3. The molecule has 0 unspecified atom stereocenters. The highest BCUT2D eigenvalue weighted by molar-refractivity contribution is 5.94.